The molecule has 0 aromatic heterocycles. The minimum atomic E-state index is -0.487. The Morgan fingerprint density at radius 3 is 2.89 bits per heavy atom. The quantitative estimate of drug-likeness (QED) is 0.496. The van der Waals surface area contributed by atoms with E-state index in [1.165, 1.54) is 13.2 Å². The Labute approximate surface area is 103 Å². The van der Waals surface area contributed by atoms with Gasteiger partial charge >= 0.3 is 5.97 Å². The number of hydrogen-bond donors (Lipinski definition) is 1. The summed E-state index contributed by atoms with van der Waals surface area (Å²) in [5.41, 5.74) is 0.871. The first-order valence-corrected chi connectivity index (χ1v) is 5.40. The summed E-state index contributed by atoms with van der Waals surface area (Å²) in [4.78, 5) is 22.1. The van der Waals surface area contributed by atoms with Gasteiger partial charge in [0.1, 0.15) is 0 Å². The molecule has 6 nitrogen and oxygen atoms in total. The van der Waals surface area contributed by atoms with Crippen molar-refractivity contribution in [1.82, 2.24) is 5.32 Å². The van der Waals surface area contributed by atoms with Gasteiger partial charge in [-0.2, -0.15) is 0 Å². The number of hydrogen-bond acceptors (Lipinski definition) is 5. The second kappa shape index (κ2) is 4.97. The molecule has 94 valence electrons. The summed E-state index contributed by atoms with van der Waals surface area (Å²) in [7, 11) is 1.29. The zero-order valence-corrected chi connectivity index (χ0v) is 9.75. The van der Waals surface area contributed by atoms with E-state index in [0.29, 0.717) is 17.7 Å². The topological polar surface area (TPSA) is 81.5 Å². The number of benzene rings is 1. The minimum Gasteiger partial charge on any atom is -0.466 e. The van der Waals surface area contributed by atoms with Crippen LogP contribution in [-0.4, -0.2) is 24.5 Å². The van der Waals surface area contributed by atoms with Crippen molar-refractivity contribution in [2.75, 3.05) is 13.7 Å². The van der Waals surface area contributed by atoms with Crippen LogP contribution in [0, 0.1) is 10.1 Å². The molecule has 0 saturated heterocycles. The van der Waals surface area contributed by atoms with Crippen molar-refractivity contribution in [3.63, 3.8) is 0 Å². The van der Waals surface area contributed by atoms with Crippen molar-refractivity contribution in [1.29, 1.82) is 0 Å². The van der Waals surface area contributed by atoms with Gasteiger partial charge in [0.15, 0.2) is 0 Å². The first-order valence-electron chi connectivity index (χ1n) is 5.40. The molecule has 6 heteroatoms. The van der Waals surface area contributed by atoms with E-state index in [0.717, 1.165) is 0 Å². The van der Waals surface area contributed by atoms with E-state index in [-0.39, 0.29) is 5.69 Å². The molecule has 1 atom stereocenters. The van der Waals surface area contributed by atoms with Gasteiger partial charge < -0.3 is 10.1 Å². The number of nitrogens with zero attached hydrogens (tertiary/aromatic N) is 1. The van der Waals surface area contributed by atoms with Crippen LogP contribution in [0.15, 0.2) is 35.9 Å². The van der Waals surface area contributed by atoms with E-state index in [1.807, 2.05) is 0 Å². The van der Waals surface area contributed by atoms with Crippen molar-refractivity contribution in [2.24, 2.45) is 0 Å². The molecule has 1 unspecified atom stereocenters. The molecular formula is C12H12N2O4. The second-order valence-electron chi connectivity index (χ2n) is 3.81. The maximum Gasteiger partial charge on any atom is 0.335 e. The molecule has 2 rings (SSSR count). The Balaban J connectivity index is 2.41. The van der Waals surface area contributed by atoms with E-state index >= 15 is 0 Å². The maximum absolute atomic E-state index is 11.6. The molecule has 1 aliphatic rings. The average molecular weight is 248 g/mol. The normalized spacial score (nSPS) is 18.3. The van der Waals surface area contributed by atoms with Gasteiger partial charge in [-0.05, 0) is 0 Å². The summed E-state index contributed by atoms with van der Waals surface area (Å²) in [6.45, 7) is 0.487. The Morgan fingerprint density at radius 2 is 2.22 bits per heavy atom. The number of carbonyl (C=O) groups excluding carboxylic acids is 1. The van der Waals surface area contributed by atoms with Crippen molar-refractivity contribution < 1.29 is 14.5 Å². The summed E-state index contributed by atoms with van der Waals surface area (Å²) in [5.74, 6) is -0.469. The third-order valence-electron chi connectivity index (χ3n) is 2.82. The van der Waals surface area contributed by atoms with Crippen LogP contribution in [0.2, 0.25) is 0 Å². The monoisotopic (exact) mass is 248 g/mol. The van der Waals surface area contributed by atoms with Crippen LogP contribution in [0.3, 0.4) is 0 Å². The molecular weight excluding hydrogens is 236 g/mol. The molecule has 0 spiro atoms. The lowest BCUT2D eigenvalue weighted by Gasteiger charge is -2.14. The number of ether oxygens (including phenoxy) is 1. The summed E-state index contributed by atoms with van der Waals surface area (Å²) in [6, 6.07) is 5.87. The van der Waals surface area contributed by atoms with E-state index in [4.69, 9.17) is 0 Å². The lowest BCUT2D eigenvalue weighted by molar-refractivity contribution is -0.385. The zero-order chi connectivity index (χ0) is 13.1. The van der Waals surface area contributed by atoms with Gasteiger partial charge in [0.05, 0.1) is 29.2 Å². The van der Waals surface area contributed by atoms with Crippen LogP contribution >= 0.6 is 0 Å². The van der Waals surface area contributed by atoms with Crippen LogP contribution in [0.4, 0.5) is 5.69 Å². The smallest absolute Gasteiger partial charge is 0.335 e. The molecule has 1 aromatic rings. The van der Waals surface area contributed by atoms with E-state index < -0.39 is 16.9 Å². The molecule has 0 saturated carbocycles. The average Bonchev–Trinajstić information content (AvgIpc) is 2.86. The summed E-state index contributed by atoms with van der Waals surface area (Å²) >= 11 is 0. The van der Waals surface area contributed by atoms with Gasteiger partial charge in [-0.15, -0.1) is 0 Å². The van der Waals surface area contributed by atoms with E-state index in [9.17, 15) is 14.9 Å². The fraction of sp³-hybridized carbons (Fsp3) is 0.250. The summed E-state index contributed by atoms with van der Waals surface area (Å²) in [5, 5.41) is 14.0. The van der Waals surface area contributed by atoms with Gasteiger partial charge in [0.2, 0.25) is 0 Å². The van der Waals surface area contributed by atoms with E-state index in [2.05, 4.69) is 10.1 Å². The van der Waals surface area contributed by atoms with Crippen LogP contribution in [-0.2, 0) is 9.53 Å². The summed E-state index contributed by atoms with van der Waals surface area (Å²) < 4.78 is 4.67. The molecule has 1 aromatic carbocycles. The molecule has 18 heavy (non-hydrogen) atoms. The van der Waals surface area contributed by atoms with Crippen molar-refractivity contribution >= 4 is 11.7 Å². The number of esters is 1. The highest BCUT2D eigenvalue weighted by molar-refractivity contribution is 5.91. The first kappa shape index (κ1) is 12.3. The largest absolute Gasteiger partial charge is 0.466 e. The third-order valence-corrected chi connectivity index (χ3v) is 2.82. The fourth-order valence-electron chi connectivity index (χ4n) is 2.01. The highest BCUT2D eigenvalue weighted by Gasteiger charge is 2.31. The highest BCUT2D eigenvalue weighted by Crippen LogP contribution is 2.32. The lowest BCUT2D eigenvalue weighted by atomic mass is 9.99. The van der Waals surface area contributed by atoms with E-state index in [1.54, 1.807) is 24.3 Å². The lowest BCUT2D eigenvalue weighted by Crippen LogP contribution is -2.21. The molecule has 1 aliphatic heterocycles. The van der Waals surface area contributed by atoms with Crippen LogP contribution in [0.1, 0.15) is 11.6 Å². The third kappa shape index (κ3) is 2.10. The standard InChI is InChI=1S/C12H12N2O4/c1-18-12(15)9-6-7-13-11(9)8-4-2-3-5-10(8)14(16)17/h2-6,11,13H,7H2,1H3. The number of carbonyl (C=O) groups is 1. The van der Waals surface area contributed by atoms with Gasteiger partial charge in [-0.1, -0.05) is 24.3 Å². The zero-order valence-electron chi connectivity index (χ0n) is 9.75. The second-order valence-corrected chi connectivity index (χ2v) is 3.81. The van der Waals surface area contributed by atoms with Crippen molar-refractivity contribution in [2.45, 2.75) is 6.04 Å². The Hall–Kier alpha value is -2.21. The van der Waals surface area contributed by atoms with Gasteiger partial charge in [0, 0.05) is 12.6 Å². The maximum atomic E-state index is 11.6. The summed E-state index contributed by atoms with van der Waals surface area (Å²) in [6.07, 6.45) is 1.69. The molecule has 0 bridgehead atoms. The molecule has 0 aliphatic carbocycles. The number of nitrogens with one attached hydrogen (secondary N) is 1. The highest BCUT2D eigenvalue weighted by atomic mass is 16.6. The Bertz CT molecular complexity index is 525. The number of nitro groups is 1. The molecule has 0 fully saturated rings. The molecule has 0 amide bonds. The van der Waals surface area contributed by atoms with Crippen molar-refractivity contribution in [3.05, 3.63) is 51.6 Å². The van der Waals surface area contributed by atoms with Crippen LogP contribution in [0.5, 0.6) is 0 Å². The first-order chi connectivity index (χ1) is 8.65. The molecule has 1 N–H and O–H groups in total. The number of para-hydroxylation sites is 1. The van der Waals surface area contributed by atoms with Crippen LogP contribution < -0.4 is 5.32 Å². The predicted molar refractivity (Wildman–Crippen MR) is 63.9 cm³/mol. The minimum absolute atomic E-state index is 0.00768. The molecule has 0 radical (unpaired) electrons. The number of rotatable bonds is 3. The number of nitro benzene ring substituents is 1. The molecule has 1 heterocycles. The Morgan fingerprint density at radius 1 is 1.50 bits per heavy atom. The number of methoxy groups -OCH3 is 1. The van der Waals surface area contributed by atoms with Crippen LogP contribution in [0.25, 0.3) is 0 Å². The Kier molecular flexibility index (Phi) is 3.38. The van der Waals surface area contributed by atoms with Gasteiger partial charge in [-0.3, -0.25) is 10.1 Å². The van der Waals surface area contributed by atoms with Gasteiger partial charge in [0.25, 0.3) is 5.69 Å². The predicted octanol–water partition coefficient (Wildman–Crippen LogP) is 1.34. The van der Waals surface area contributed by atoms with Crippen molar-refractivity contribution in [3.8, 4) is 0 Å². The van der Waals surface area contributed by atoms with Gasteiger partial charge in [-0.25, -0.2) is 4.79 Å². The fourth-order valence-corrected chi connectivity index (χ4v) is 2.01. The SMILES string of the molecule is COC(=O)C1=CCNC1c1ccccc1[N+](=O)[O-].